The molecule has 2 rings (SSSR count). The highest BCUT2D eigenvalue weighted by Gasteiger charge is 2.14. The summed E-state index contributed by atoms with van der Waals surface area (Å²) in [5.41, 5.74) is 0.622. The van der Waals surface area contributed by atoms with Crippen LogP contribution < -0.4 is 0 Å². The van der Waals surface area contributed by atoms with Crippen molar-refractivity contribution < 1.29 is 9.72 Å². The molecule has 19 heavy (non-hydrogen) atoms. The van der Waals surface area contributed by atoms with E-state index in [1.165, 1.54) is 18.2 Å². The van der Waals surface area contributed by atoms with Crippen molar-refractivity contribution >= 4 is 23.1 Å². The van der Waals surface area contributed by atoms with Crippen LogP contribution in [0.3, 0.4) is 0 Å². The molecule has 1 heterocycles. The monoisotopic (exact) mass is 276 g/mol. The number of benzene rings is 1. The molecule has 0 amide bonds. The molecule has 0 fully saturated rings. The zero-order chi connectivity index (χ0) is 13.8. The second-order valence-corrected chi connectivity index (χ2v) is 4.31. The van der Waals surface area contributed by atoms with Crippen LogP contribution in [0.15, 0.2) is 42.6 Å². The molecule has 0 unspecified atom stereocenters. The summed E-state index contributed by atoms with van der Waals surface area (Å²) >= 11 is 5.77. The topological polar surface area (TPSA) is 73.1 Å². The predicted molar refractivity (Wildman–Crippen MR) is 70.4 cm³/mol. The lowest BCUT2D eigenvalue weighted by Crippen LogP contribution is -2.05. The lowest BCUT2D eigenvalue weighted by atomic mass is 10.1. The molecule has 0 spiro atoms. The molecule has 0 radical (unpaired) electrons. The summed E-state index contributed by atoms with van der Waals surface area (Å²) < 4.78 is 0. The van der Waals surface area contributed by atoms with Crippen LogP contribution in [0.1, 0.15) is 16.1 Å². The summed E-state index contributed by atoms with van der Waals surface area (Å²) in [6.07, 6.45) is 1.67. The second kappa shape index (κ2) is 5.58. The Morgan fingerprint density at radius 3 is 2.74 bits per heavy atom. The van der Waals surface area contributed by atoms with Gasteiger partial charge in [0.2, 0.25) is 0 Å². The molecule has 2 aromatic rings. The summed E-state index contributed by atoms with van der Waals surface area (Å²) in [5, 5.41) is 10.9. The van der Waals surface area contributed by atoms with E-state index >= 15 is 0 Å². The fraction of sp³-hybridized carbons (Fsp3) is 0.0769. The van der Waals surface area contributed by atoms with Crippen LogP contribution in [0.4, 0.5) is 5.69 Å². The molecule has 0 saturated carbocycles. The highest BCUT2D eigenvalue weighted by Crippen LogP contribution is 2.21. The molecule has 0 bridgehead atoms. The van der Waals surface area contributed by atoms with Crippen LogP contribution in [0, 0.1) is 10.1 Å². The lowest BCUT2D eigenvalue weighted by molar-refractivity contribution is -0.384. The molecule has 0 N–H and O–H groups in total. The molecular weight excluding hydrogens is 268 g/mol. The average Bonchev–Trinajstić information content (AvgIpc) is 2.39. The zero-order valence-corrected chi connectivity index (χ0v) is 10.5. The number of carbonyl (C=O) groups is 1. The van der Waals surface area contributed by atoms with Gasteiger partial charge in [0.05, 0.1) is 11.3 Å². The minimum atomic E-state index is -0.580. The first-order valence-corrected chi connectivity index (χ1v) is 5.82. The van der Waals surface area contributed by atoms with Gasteiger partial charge in [-0.2, -0.15) is 0 Å². The maximum Gasteiger partial charge on any atom is 0.271 e. The fourth-order valence-electron chi connectivity index (χ4n) is 1.61. The Balaban J connectivity index is 2.26. The second-order valence-electron chi connectivity index (χ2n) is 3.88. The SMILES string of the molecule is O=C(Cc1ccccn1)c1cc(Cl)cc([N+](=O)[O-])c1. The smallest absolute Gasteiger partial charge is 0.271 e. The van der Waals surface area contributed by atoms with Crippen LogP contribution >= 0.6 is 11.6 Å². The number of rotatable bonds is 4. The minimum absolute atomic E-state index is 0.0817. The van der Waals surface area contributed by atoms with Crippen LogP contribution in [0.25, 0.3) is 0 Å². The van der Waals surface area contributed by atoms with Gasteiger partial charge in [-0.1, -0.05) is 17.7 Å². The summed E-state index contributed by atoms with van der Waals surface area (Å²) in [7, 11) is 0. The van der Waals surface area contributed by atoms with Gasteiger partial charge in [-0.25, -0.2) is 0 Å². The quantitative estimate of drug-likeness (QED) is 0.489. The van der Waals surface area contributed by atoms with E-state index in [0.29, 0.717) is 5.69 Å². The van der Waals surface area contributed by atoms with E-state index < -0.39 is 4.92 Å². The number of pyridine rings is 1. The first kappa shape index (κ1) is 13.2. The van der Waals surface area contributed by atoms with Crippen LogP contribution in [0.5, 0.6) is 0 Å². The van der Waals surface area contributed by atoms with Gasteiger partial charge in [0.15, 0.2) is 5.78 Å². The van der Waals surface area contributed by atoms with E-state index in [1.54, 1.807) is 24.4 Å². The lowest BCUT2D eigenvalue weighted by Gasteiger charge is -2.02. The Morgan fingerprint density at radius 2 is 2.11 bits per heavy atom. The van der Waals surface area contributed by atoms with Gasteiger partial charge in [-0.15, -0.1) is 0 Å². The van der Waals surface area contributed by atoms with Crippen molar-refractivity contribution in [3.05, 3.63) is 69.0 Å². The van der Waals surface area contributed by atoms with E-state index in [0.717, 1.165) is 0 Å². The molecule has 0 saturated heterocycles. The zero-order valence-electron chi connectivity index (χ0n) is 9.75. The summed E-state index contributed by atoms with van der Waals surface area (Å²) in [6, 6.07) is 9.08. The number of hydrogen-bond donors (Lipinski definition) is 0. The summed E-state index contributed by atoms with van der Waals surface area (Å²) in [4.78, 5) is 26.2. The van der Waals surface area contributed by atoms with E-state index in [9.17, 15) is 14.9 Å². The molecule has 1 aromatic carbocycles. The Hall–Kier alpha value is -2.27. The third-order valence-corrected chi connectivity index (χ3v) is 2.70. The number of nitrogens with zero attached hydrogens (tertiary/aromatic N) is 2. The molecule has 0 atom stereocenters. The van der Waals surface area contributed by atoms with Crippen molar-refractivity contribution in [2.75, 3.05) is 0 Å². The molecule has 96 valence electrons. The molecule has 1 aromatic heterocycles. The van der Waals surface area contributed by atoms with Gasteiger partial charge >= 0.3 is 0 Å². The van der Waals surface area contributed by atoms with Crippen molar-refractivity contribution in [1.82, 2.24) is 4.98 Å². The highest BCUT2D eigenvalue weighted by atomic mass is 35.5. The summed E-state index contributed by atoms with van der Waals surface area (Å²) in [5.74, 6) is -0.260. The number of carbonyl (C=O) groups excluding carboxylic acids is 1. The van der Waals surface area contributed by atoms with Crippen molar-refractivity contribution in [2.24, 2.45) is 0 Å². The normalized spacial score (nSPS) is 10.2. The number of nitro groups is 1. The third kappa shape index (κ3) is 3.35. The van der Waals surface area contributed by atoms with Gasteiger partial charge < -0.3 is 0 Å². The summed E-state index contributed by atoms with van der Waals surface area (Å²) in [6.45, 7) is 0. The number of halogens is 1. The number of hydrogen-bond acceptors (Lipinski definition) is 4. The first-order chi connectivity index (χ1) is 9.06. The van der Waals surface area contributed by atoms with Gasteiger partial charge in [0.1, 0.15) is 0 Å². The Bertz CT molecular complexity index is 629. The third-order valence-electron chi connectivity index (χ3n) is 2.48. The van der Waals surface area contributed by atoms with Gasteiger partial charge in [0.25, 0.3) is 5.69 Å². The fourth-order valence-corrected chi connectivity index (χ4v) is 1.84. The standard InChI is InChI=1S/C13H9ClN2O3/c14-10-5-9(6-12(7-10)16(18)19)13(17)8-11-3-1-2-4-15-11/h1-7H,8H2. The average molecular weight is 277 g/mol. The number of nitro benzene ring substituents is 1. The minimum Gasteiger partial charge on any atom is -0.294 e. The molecule has 6 heteroatoms. The van der Waals surface area contributed by atoms with Gasteiger partial charge in [0, 0.05) is 34.6 Å². The van der Waals surface area contributed by atoms with E-state index in [2.05, 4.69) is 4.98 Å². The van der Waals surface area contributed by atoms with Crippen LogP contribution in [-0.4, -0.2) is 15.7 Å². The van der Waals surface area contributed by atoms with E-state index in [4.69, 9.17) is 11.6 Å². The van der Waals surface area contributed by atoms with Gasteiger partial charge in [-0.3, -0.25) is 19.9 Å². The Labute approximate surface area is 114 Å². The maximum atomic E-state index is 12.0. The Kier molecular flexibility index (Phi) is 3.87. The molecule has 0 aliphatic heterocycles. The van der Waals surface area contributed by atoms with E-state index in [1.807, 2.05) is 0 Å². The Morgan fingerprint density at radius 1 is 1.32 bits per heavy atom. The molecule has 0 aliphatic carbocycles. The largest absolute Gasteiger partial charge is 0.294 e. The molecular formula is C13H9ClN2O3. The van der Waals surface area contributed by atoms with Crippen LogP contribution in [0.2, 0.25) is 5.02 Å². The number of aromatic nitrogens is 1. The van der Waals surface area contributed by atoms with Crippen molar-refractivity contribution in [1.29, 1.82) is 0 Å². The number of Topliss-reactive ketones (excluding diaryl/α,β-unsaturated/α-hetero) is 1. The van der Waals surface area contributed by atoms with Crippen molar-refractivity contribution in [3.63, 3.8) is 0 Å². The highest BCUT2D eigenvalue weighted by molar-refractivity contribution is 6.31. The van der Waals surface area contributed by atoms with E-state index in [-0.39, 0.29) is 28.5 Å². The molecule has 5 nitrogen and oxygen atoms in total. The first-order valence-electron chi connectivity index (χ1n) is 5.44. The van der Waals surface area contributed by atoms with Gasteiger partial charge in [-0.05, 0) is 18.2 Å². The van der Waals surface area contributed by atoms with Crippen molar-refractivity contribution in [3.8, 4) is 0 Å². The number of non-ortho nitro benzene ring substituents is 1. The molecule has 0 aliphatic rings. The number of ketones is 1. The predicted octanol–water partition coefficient (Wildman–Crippen LogP) is 3.07. The van der Waals surface area contributed by atoms with Crippen LogP contribution in [-0.2, 0) is 6.42 Å². The maximum absolute atomic E-state index is 12.0. The van der Waals surface area contributed by atoms with Crippen molar-refractivity contribution in [2.45, 2.75) is 6.42 Å².